The Bertz CT molecular complexity index is 1410. The van der Waals surface area contributed by atoms with E-state index < -0.39 is 9.84 Å². The standard InChI is InChI=1S/C26H24N4O3S/c31-26(28-20-9-6-14-23(16-20)34(32,33)22-12-4-5-13-22)24-18-30(21-10-2-1-3-11-21)29-25(24)19-8-7-15-27-17-19/h1-3,6-11,14-18,22H,4-5,12-13H2,(H,28,31). The summed E-state index contributed by atoms with van der Waals surface area (Å²) in [4.78, 5) is 17.7. The van der Waals surface area contributed by atoms with E-state index in [9.17, 15) is 13.2 Å². The Kier molecular flexibility index (Phi) is 5.98. The van der Waals surface area contributed by atoms with Crippen LogP contribution in [0.3, 0.4) is 0 Å². The number of carbonyl (C=O) groups is 1. The van der Waals surface area contributed by atoms with Gasteiger partial charge in [-0.3, -0.25) is 9.78 Å². The third kappa shape index (κ3) is 4.36. The summed E-state index contributed by atoms with van der Waals surface area (Å²) in [6.07, 6.45) is 8.23. The van der Waals surface area contributed by atoms with Crippen LogP contribution in [0.25, 0.3) is 16.9 Å². The monoisotopic (exact) mass is 472 g/mol. The molecule has 1 amide bonds. The first-order valence-electron chi connectivity index (χ1n) is 11.2. The maximum absolute atomic E-state index is 13.3. The molecule has 1 fully saturated rings. The molecule has 34 heavy (non-hydrogen) atoms. The average Bonchev–Trinajstić information content (AvgIpc) is 3.57. The van der Waals surface area contributed by atoms with E-state index in [2.05, 4.69) is 15.4 Å². The maximum atomic E-state index is 13.3. The molecule has 1 aliphatic carbocycles. The van der Waals surface area contributed by atoms with Crippen LogP contribution < -0.4 is 5.32 Å². The molecule has 0 saturated heterocycles. The number of para-hydroxylation sites is 1. The zero-order chi connectivity index (χ0) is 23.5. The molecule has 0 unspecified atom stereocenters. The quantitative estimate of drug-likeness (QED) is 0.431. The highest BCUT2D eigenvalue weighted by Crippen LogP contribution is 2.31. The number of aromatic nitrogens is 3. The van der Waals surface area contributed by atoms with Gasteiger partial charge in [0.1, 0.15) is 5.69 Å². The van der Waals surface area contributed by atoms with Crippen LogP contribution in [0.1, 0.15) is 36.0 Å². The van der Waals surface area contributed by atoms with Gasteiger partial charge in [0.15, 0.2) is 9.84 Å². The molecule has 0 aliphatic heterocycles. The van der Waals surface area contributed by atoms with Crippen molar-refractivity contribution in [1.29, 1.82) is 0 Å². The van der Waals surface area contributed by atoms with Gasteiger partial charge in [-0.2, -0.15) is 5.10 Å². The fourth-order valence-corrected chi connectivity index (χ4v) is 6.21. The SMILES string of the molecule is O=C(Nc1cccc(S(=O)(=O)C2CCCC2)c1)c1cn(-c2ccccc2)nc1-c1cccnc1. The van der Waals surface area contributed by atoms with Gasteiger partial charge in [0.25, 0.3) is 5.91 Å². The fraction of sp³-hybridized carbons (Fsp3) is 0.192. The summed E-state index contributed by atoms with van der Waals surface area (Å²) in [7, 11) is -3.42. The average molecular weight is 473 g/mol. The van der Waals surface area contributed by atoms with Crippen LogP contribution in [0.5, 0.6) is 0 Å². The lowest BCUT2D eigenvalue weighted by Gasteiger charge is -2.12. The van der Waals surface area contributed by atoms with E-state index >= 15 is 0 Å². The third-order valence-corrected chi connectivity index (χ3v) is 8.34. The highest BCUT2D eigenvalue weighted by Gasteiger charge is 2.30. The summed E-state index contributed by atoms with van der Waals surface area (Å²) >= 11 is 0. The second-order valence-corrected chi connectivity index (χ2v) is 10.6. The zero-order valence-corrected chi connectivity index (χ0v) is 19.3. The first-order chi connectivity index (χ1) is 16.5. The smallest absolute Gasteiger partial charge is 0.259 e. The highest BCUT2D eigenvalue weighted by molar-refractivity contribution is 7.92. The number of sulfone groups is 1. The van der Waals surface area contributed by atoms with Gasteiger partial charge in [0, 0.05) is 29.8 Å². The predicted molar refractivity (Wildman–Crippen MR) is 131 cm³/mol. The molecule has 8 heteroatoms. The normalized spacial score (nSPS) is 14.2. The second-order valence-electron chi connectivity index (χ2n) is 8.35. The number of rotatable bonds is 6. The van der Waals surface area contributed by atoms with Crippen molar-refractivity contribution in [2.45, 2.75) is 35.8 Å². The summed E-state index contributed by atoms with van der Waals surface area (Å²) in [5.74, 6) is -0.378. The lowest BCUT2D eigenvalue weighted by Crippen LogP contribution is -2.18. The molecule has 5 rings (SSSR count). The Hall–Kier alpha value is -3.78. The Morgan fingerprint density at radius 2 is 1.76 bits per heavy atom. The van der Waals surface area contributed by atoms with Crippen molar-refractivity contribution in [1.82, 2.24) is 14.8 Å². The Labute approximate surface area is 198 Å². The Balaban J connectivity index is 1.48. The Morgan fingerprint density at radius 1 is 0.971 bits per heavy atom. The number of nitrogens with one attached hydrogen (secondary N) is 1. The molecule has 1 aliphatic rings. The van der Waals surface area contributed by atoms with Crippen molar-refractivity contribution in [3.05, 3.63) is 90.9 Å². The molecule has 172 valence electrons. The molecule has 2 aromatic heterocycles. The summed E-state index contributed by atoms with van der Waals surface area (Å²) in [5.41, 5.74) is 2.80. The molecule has 1 saturated carbocycles. The highest BCUT2D eigenvalue weighted by atomic mass is 32.2. The minimum absolute atomic E-state index is 0.240. The molecular weight excluding hydrogens is 448 g/mol. The van der Waals surface area contributed by atoms with E-state index in [0.717, 1.165) is 18.5 Å². The van der Waals surface area contributed by atoms with Gasteiger partial charge in [-0.25, -0.2) is 13.1 Å². The van der Waals surface area contributed by atoms with Crippen LogP contribution >= 0.6 is 0 Å². The van der Waals surface area contributed by atoms with Crippen molar-refractivity contribution >= 4 is 21.4 Å². The third-order valence-electron chi connectivity index (χ3n) is 6.08. The van der Waals surface area contributed by atoms with Crippen LogP contribution in [-0.4, -0.2) is 34.3 Å². The number of hydrogen-bond acceptors (Lipinski definition) is 5. The lowest BCUT2D eigenvalue weighted by atomic mass is 10.1. The molecule has 0 atom stereocenters. The molecule has 2 aromatic carbocycles. The van der Waals surface area contributed by atoms with E-state index in [0.29, 0.717) is 35.3 Å². The molecule has 7 nitrogen and oxygen atoms in total. The van der Waals surface area contributed by atoms with Crippen molar-refractivity contribution in [2.24, 2.45) is 0 Å². The summed E-state index contributed by atoms with van der Waals surface area (Å²) in [5, 5.41) is 7.15. The van der Waals surface area contributed by atoms with E-state index in [1.807, 2.05) is 36.4 Å². The molecule has 0 radical (unpaired) electrons. The number of amides is 1. The molecule has 2 heterocycles. The van der Waals surface area contributed by atoms with Crippen LogP contribution in [0.2, 0.25) is 0 Å². The largest absolute Gasteiger partial charge is 0.322 e. The molecule has 1 N–H and O–H groups in total. The second kappa shape index (κ2) is 9.23. The van der Waals surface area contributed by atoms with Crippen LogP contribution in [0.4, 0.5) is 5.69 Å². The zero-order valence-electron chi connectivity index (χ0n) is 18.5. The van der Waals surface area contributed by atoms with Crippen LogP contribution in [-0.2, 0) is 9.84 Å². The van der Waals surface area contributed by atoms with Crippen LogP contribution in [0.15, 0.2) is 90.2 Å². The first-order valence-corrected chi connectivity index (χ1v) is 12.8. The van der Waals surface area contributed by atoms with E-state index in [-0.39, 0.29) is 16.1 Å². The lowest BCUT2D eigenvalue weighted by molar-refractivity contribution is 0.102. The summed E-state index contributed by atoms with van der Waals surface area (Å²) < 4.78 is 27.7. The van der Waals surface area contributed by atoms with Crippen molar-refractivity contribution in [3.63, 3.8) is 0 Å². The van der Waals surface area contributed by atoms with E-state index in [1.54, 1.807) is 47.5 Å². The summed E-state index contributed by atoms with van der Waals surface area (Å²) in [6.45, 7) is 0. The van der Waals surface area contributed by atoms with Crippen molar-refractivity contribution in [2.75, 3.05) is 5.32 Å². The van der Waals surface area contributed by atoms with Gasteiger partial charge in [-0.1, -0.05) is 37.1 Å². The molecular formula is C26H24N4O3S. The number of hydrogen-bond donors (Lipinski definition) is 1. The van der Waals surface area contributed by atoms with E-state index in [1.165, 1.54) is 6.07 Å². The molecule has 0 spiro atoms. The number of carbonyl (C=O) groups excluding carboxylic acids is 1. The number of pyridine rings is 1. The van der Waals surface area contributed by atoms with Gasteiger partial charge < -0.3 is 5.32 Å². The molecule has 4 aromatic rings. The number of anilines is 1. The van der Waals surface area contributed by atoms with Crippen molar-refractivity contribution in [3.8, 4) is 16.9 Å². The Morgan fingerprint density at radius 3 is 2.50 bits per heavy atom. The maximum Gasteiger partial charge on any atom is 0.259 e. The minimum Gasteiger partial charge on any atom is -0.322 e. The number of nitrogens with zero attached hydrogens (tertiary/aromatic N) is 3. The predicted octanol–water partition coefficient (Wildman–Crippen LogP) is 4.90. The fourth-order valence-electron chi connectivity index (χ4n) is 4.31. The first kappa shape index (κ1) is 22.0. The number of benzene rings is 2. The van der Waals surface area contributed by atoms with Gasteiger partial charge in [-0.15, -0.1) is 0 Å². The topological polar surface area (TPSA) is 94.0 Å². The van der Waals surface area contributed by atoms with Crippen LogP contribution in [0, 0.1) is 0 Å². The summed E-state index contributed by atoms with van der Waals surface area (Å²) in [6, 6.07) is 19.6. The molecule has 0 bridgehead atoms. The minimum atomic E-state index is -3.42. The van der Waals surface area contributed by atoms with Gasteiger partial charge >= 0.3 is 0 Å². The van der Waals surface area contributed by atoms with Gasteiger partial charge in [0.05, 0.1) is 21.4 Å². The van der Waals surface area contributed by atoms with Crippen molar-refractivity contribution < 1.29 is 13.2 Å². The van der Waals surface area contributed by atoms with E-state index in [4.69, 9.17) is 0 Å². The van der Waals surface area contributed by atoms with Gasteiger partial charge in [-0.05, 0) is 55.3 Å². The van der Waals surface area contributed by atoms with Gasteiger partial charge in [0.2, 0.25) is 0 Å².